The number of ether oxygens (including phenoxy) is 1. The second-order valence-electron chi connectivity index (χ2n) is 12.7. The summed E-state index contributed by atoms with van der Waals surface area (Å²) in [7, 11) is 0. The lowest BCUT2D eigenvalue weighted by molar-refractivity contribution is 0.261. The Morgan fingerprint density at radius 1 is 0.857 bits per heavy atom. The van der Waals surface area contributed by atoms with E-state index in [1.54, 1.807) is 0 Å². The van der Waals surface area contributed by atoms with Gasteiger partial charge in [-0.1, -0.05) is 123 Å². The number of benzene rings is 2. The Balaban J connectivity index is 1.48. The minimum atomic E-state index is -0.260. The van der Waals surface area contributed by atoms with Crippen LogP contribution in [-0.2, 0) is 12.0 Å². The van der Waals surface area contributed by atoms with Gasteiger partial charge in [-0.2, -0.15) is 0 Å². The van der Waals surface area contributed by atoms with Crippen molar-refractivity contribution in [2.24, 2.45) is 0 Å². The van der Waals surface area contributed by atoms with E-state index in [9.17, 15) is 4.79 Å². The van der Waals surface area contributed by atoms with Crippen LogP contribution in [0, 0.1) is 0 Å². The first-order chi connectivity index (χ1) is 20.3. The standard InChI is InChI=1S/C36H55N3O2S/c1-6-7-8-9-10-11-12-13-14-15-16-19-24-41-34-25-31(36(3,4)5)22-23-33(34)38-35(40)37-32-21-18-17-20-30(32)27-39-26-29(2)42-28-39/h17-18,20-23,25-26H,6-16,19,24,27-28H2,1-5H3,(H2,37,38,40). The monoisotopic (exact) mass is 593 g/mol. The molecule has 0 atom stereocenters. The third-order valence-electron chi connectivity index (χ3n) is 7.81. The molecule has 0 aromatic heterocycles. The van der Waals surface area contributed by atoms with Gasteiger partial charge in [0.05, 0.1) is 18.2 Å². The Labute approximate surface area is 260 Å². The first kappa shape index (κ1) is 33.9. The van der Waals surface area contributed by atoms with Gasteiger partial charge < -0.3 is 20.3 Å². The van der Waals surface area contributed by atoms with Crippen molar-refractivity contribution in [3.8, 4) is 5.75 Å². The van der Waals surface area contributed by atoms with Gasteiger partial charge in [-0.15, -0.1) is 11.8 Å². The van der Waals surface area contributed by atoms with Crippen molar-refractivity contribution >= 4 is 29.2 Å². The minimum Gasteiger partial charge on any atom is -0.491 e. The minimum absolute atomic E-state index is 0.00546. The third kappa shape index (κ3) is 12.3. The highest BCUT2D eigenvalue weighted by atomic mass is 32.2. The number of nitrogens with zero attached hydrogens (tertiary/aromatic N) is 1. The SMILES string of the molecule is CCCCCCCCCCCCCCOc1cc(C(C)(C)C)ccc1NC(=O)Nc1ccccc1CN1C=C(C)SC1. The van der Waals surface area contributed by atoms with E-state index in [1.165, 1.54) is 81.1 Å². The number of para-hydroxylation sites is 1. The molecule has 232 valence electrons. The molecule has 0 radical (unpaired) electrons. The number of thioether (sulfide) groups is 1. The largest absolute Gasteiger partial charge is 0.491 e. The predicted molar refractivity (Wildman–Crippen MR) is 183 cm³/mol. The van der Waals surface area contributed by atoms with Crippen LogP contribution in [0.4, 0.5) is 16.2 Å². The molecule has 1 aliphatic heterocycles. The van der Waals surface area contributed by atoms with Crippen LogP contribution in [0.25, 0.3) is 0 Å². The van der Waals surface area contributed by atoms with E-state index in [0.29, 0.717) is 12.3 Å². The lowest BCUT2D eigenvalue weighted by Crippen LogP contribution is -2.22. The van der Waals surface area contributed by atoms with Crippen molar-refractivity contribution in [2.45, 2.75) is 124 Å². The summed E-state index contributed by atoms with van der Waals surface area (Å²) in [6.45, 7) is 12.4. The Kier molecular flexibility index (Phi) is 14.6. The molecule has 6 heteroatoms. The molecule has 1 heterocycles. The summed E-state index contributed by atoms with van der Waals surface area (Å²) in [4.78, 5) is 16.7. The zero-order valence-electron chi connectivity index (χ0n) is 26.9. The number of rotatable bonds is 18. The maximum absolute atomic E-state index is 13.1. The van der Waals surface area contributed by atoms with Gasteiger partial charge >= 0.3 is 6.03 Å². The second kappa shape index (κ2) is 18.1. The number of hydrogen-bond acceptors (Lipinski definition) is 4. The van der Waals surface area contributed by atoms with E-state index in [-0.39, 0.29) is 11.4 Å². The molecule has 0 saturated heterocycles. The van der Waals surface area contributed by atoms with Crippen LogP contribution in [0.5, 0.6) is 5.75 Å². The smallest absolute Gasteiger partial charge is 0.323 e. The van der Waals surface area contributed by atoms with Crippen LogP contribution in [0.1, 0.15) is 123 Å². The van der Waals surface area contributed by atoms with Crippen LogP contribution >= 0.6 is 11.8 Å². The van der Waals surface area contributed by atoms with E-state index < -0.39 is 0 Å². The number of amides is 2. The van der Waals surface area contributed by atoms with E-state index in [4.69, 9.17) is 4.74 Å². The van der Waals surface area contributed by atoms with Gasteiger partial charge in [0.25, 0.3) is 0 Å². The topological polar surface area (TPSA) is 53.6 Å². The Morgan fingerprint density at radius 2 is 1.48 bits per heavy atom. The molecule has 0 spiro atoms. The van der Waals surface area contributed by atoms with Crippen LogP contribution in [-0.4, -0.2) is 23.4 Å². The molecular weight excluding hydrogens is 538 g/mol. The number of carbonyl (C=O) groups is 1. The fourth-order valence-corrected chi connectivity index (χ4v) is 5.98. The summed E-state index contributed by atoms with van der Waals surface area (Å²) >= 11 is 1.84. The molecule has 0 fully saturated rings. The lowest BCUT2D eigenvalue weighted by Gasteiger charge is -2.22. The molecule has 0 aliphatic carbocycles. The normalized spacial score (nSPS) is 13.3. The first-order valence-corrected chi connectivity index (χ1v) is 17.2. The van der Waals surface area contributed by atoms with Crippen LogP contribution in [0.2, 0.25) is 0 Å². The quantitative estimate of drug-likeness (QED) is 0.169. The van der Waals surface area contributed by atoms with E-state index >= 15 is 0 Å². The Hall–Kier alpha value is -2.60. The molecule has 2 aromatic rings. The van der Waals surface area contributed by atoms with Crippen LogP contribution in [0.3, 0.4) is 0 Å². The summed E-state index contributed by atoms with van der Waals surface area (Å²) in [5.41, 5.74) is 3.80. The average molecular weight is 594 g/mol. The zero-order valence-corrected chi connectivity index (χ0v) is 27.7. The molecule has 1 aliphatic rings. The summed E-state index contributed by atoms with van der Waals surface area (Å²) in [6, 6.07) is 13.9. The molecule has 0 unspecified atom stereocenters. The molecule has 5 nitrogen and oxygen atoms in total. The van der Waals surface area contributed by atoms with Gasteiger partial charge in [0.15, 0.2) is 0 Å². The number of urea groups is 1. The van der Waals surface area contributed by atoms with E-state index in [1.807, 2.05) is 36.0 Å². The number of unbranched alkanes of at least 4 members (excludes halogenated alkanes) is 11. The highest BCUT2D eigenvalue weighted by Gasteiger charge is 2.18. The number of carbonyl (C=O) groups excluding carboxylic acids is 1. The van der Waals surface area contributed by atoms with Crippen molar-refractivity contribution in [2.75, 3.05) is 23.1 Å². The summed E-state index contributed by atoms with van der Waals surface area (Å²) < 4.78 is 6.28. The van der Waals surface area contributed by atoms with Crippen molar-refractivity contribution in [3.05, 3.63) is 64.7 Å². The van der Waals surface area contributed by atoms with Crippen molar-refractivity contribution < 1.29 is 9.53 Å². The zero-order chi connectivity index (χ0) is 30.2. The second-order valence-corrected chi connectivity index (χ2v) is 13.9. The number of hydrogen-bond donors (Lipinski definition) is 2. The van der Waals surface area contributed by atoms with Gasteiger partial charge in [0, 0.05) is 18.4 Å². The Morgan fingerprint density at radius 3 is 2.10 bits per heavy atom. The fraction of sp³-hybridized carbons (Fsp3) is 0.583. The van der Waals surface area contributed by atoms with Crippen LogP contribution in [0.15, 0.2) is 53.6 Å². The first-order valence-electron chi connectivity index (χ1n) is 16.2. The van der Waals surface area contributed by atoms with Gasteiger partial charge in [-0.05, 0) is 53.0 Å². The molecule has 2 N–H and O–H groups in total. The fourth-order valence-electron chi connectivity index (χ4n) is 5.22. The maximum atomic E-state index is 13.1. The molecule has 0 bridgehead atoms. The summed E-state index contributed by atoms with van der Waals surface area (Å²) in [5.74, 6) is 1.68. The van der Waals surface area contributed by atoms with Gasteiger partial charge in [0.1, 0.15) is 5.75 Å². The molecule has 0 saturated carbocycles. The van der Waals surface area contributed by atoms with Crippen molar-refractivity contribution in [3.63, 3.8) is 0 Å². The molecule has 2 aromatic carbocycles. The van der Waals surface area contributed by atoms with Gasteiger partial charge in [-0.3, -0.25) is 0 Å². The molecule has 2 amide bonds. The van der Waals surface area contributed by atoms with E-state index in [0.717, 1.165) is 35.8 Å². The highest BCUT2D eigenvalue weighted by Crippen LogP contribution is 2.33. The Bertz CT molecular complexity index is 1120. The number of allylic oxidation sites excluding steroid dienone is 1. The maximum Gasteiger partial charge on any atom is 0.323 e. The molecular formula is C36H55N3O2S. The van der Waals surface area contributed by atoms with Crippen molar-refractivity contribution in [1.82, 2.24) is 4.90 Å². The summed E-state index contributed by atoms with van der Waals surface area (Å²) in [6.07, 6.45) is 18.0. The number of anilines is 2. The lowest BCUT2D eigenvalue weighted by atomic mass is 9.87. The average Bonchev–Trinajstić information content (AvgIpc) is 3.36. The number of nitrogens with one attached hydrogen (secondary N) is 2. The van der Waals surface area contributed by atoms with Crippen molar-refractivity contribution in [1.29, 1.82) is 0 Å². The van der Waals surface area contributed by atoms with Crippen LogP contribution < -0.4 is 15.4 Å². The highest BCUT2D eigenvalue weighted by molar-refractivity contribution is 8.03. The third-order valence-corrected chi connectivity index (χ3v) is 8.83. The van der Waals surface area contributed by atoms with Gasteiger partial charge in [-0.25, -0.2) is 4.79 Å². The van der Waals surface area contributed by atoms with E-state index in [2.05, 4.69) is 74.6 Å². The molecule has 42 heavy (non-hydrogen) atoms. The predicted octanol–water partition coefficient (Wildman–Crippen LogP) is 11.1. The molecule has 3 rings (SSSR count). The van der Waals surface area contributed by atoms with Gasteiger partial charge in [0.2, 0.25) is 0 Å². The summed E-state index contributed by atoms with van der Waals surface area (Å²) in [5, 5.41) is 6.13.